The van der Waals surface area contributed by atoms with Crippen LogP contribution in [0, 0.1) is 11.7 Å². The minimum atomic E-state index is -1.65. The third-order valence-electron chi connectivity index (χ3n) is 6.35. The van der Waals surface area contributed by atoms with Crippen molar-refractivity contribution in [1.82, 2.24) is 15.1 Å². The van der Waals surface area contributed by atoms with E-state index in [1.807, 2.05) is 13.8 Å². The van der Waals surface area contributed by atoms with Crippen LogP contribution in [0.25, 0.3) is 0 Å². The molecule has 1 fully saturated rings. The number of nitrogens with zero attached hydrogens (tertiary/aromatic N) is 2. The molecule has 5 amide bonds. The summed E-state index contributed by atoms with van der Waals surface area (Å²) in [6, 6.07) is 0.170. The highest BCUT2D eigenvalue weighted by Crippen LogP contribution is 2.41. The van der Waals surface area contributed by atoms with Gasteiger partial charge in [-0.15, -0.1) is 0 Å². The average Bonchev–Trinajstić information content (AvgIpc) is 3.17. The predicted octanol–water partition coefficient (Wildman–Crippen LogP) is 0.511. The standard InChI is InChI=1S/C23H30FN5O7/c1-11(2)7-15(28(4)19(31)12(3)26-22(34)35)20(32)29-10-23(9-16(29)18(25)30)21(33)27-14-8-13(24)5-6-17(14)36-23/h5-6,8,11-12,15-16,26H,7,9-10H2,1-4H3,(H2,25,30)(H,27,33)(H,34,35)/t12?,15?,16-,23+/m0/s1. The van der Waals surface area contributed by atoms with Crippen LogP contribution >= 0.6 is 0 Å². The van der Waals surface area contributed by atoms with E-state index in [0.29, 0.717) is 0 Å². The molecule has 4 atom stereocenters. The van der Waals surface area contributed by atoms with Crippen LogP contribution in [0.5, 0.6) is 5.75 Å². The zero-order valence-corrected chi connectivity index (χ0v) is 20.4. The topological polar surface area (TPSA) is 171 Å². The molecular formula is C23H30FN5O7. The third-order valence-corrected chi connectivity index (χ3v) is 6.35. The number of ether oxygens (including phenoxy) is 1. The average molecular weight is 508 g/mol. The lowest BCUT2D eigenvalue weighted by molar-refractivity contribution is -0.148. The molecule has 3 rings (SSSR count). The second-order valence-corrected chi connectivity index (χ2v) is 9.55. The molecule has 2 aliphatic rings. The van der Waals surface area contributed by atoms with E-state index >= 15 is 0 Å². The smallest absolute Gasteiger partial charge is 0.405 e. The van der Waals surface area contributed by atoms with Crippen LogP contribution in [-0.4, -0.2) is 81.9 Å². The van der Waals surface area contributed by atoms with Crippen molar-refractivity contribution in [2.24, 2.45) is 11.7 Å². The van der Waals surface area contributed by atoms with Crippen molar-refractivity contribution in [2.75, 3.05) is 18.9 Å². The van der Waals surface area contributed by atoms with Crippen LogP contribution in [0.1, 0.15) is 33.6 Å². The molecule has 0 aliphatic carbocycles. The number of likely N-dealkylation sites (N-methyl/N-ethyl adjacent to an activating group) is 1. The van der Waals surface area contributed by atoms with Gasteiger partial charge in [0.1, 0.15) is 29.7 Å². The second kappa shape index (κ2) is 9.99. The van der Waals surface area contributed by atoms with Gasteiger partial charge >= 0.3 is 6.09 Å². The van der Waals surface area contributed by atoms with E-state index < -0.39 is 59.3 Å². The van der Waals surface area contributed by atoms with Crippen molar-refractivity contribution in [3.05, 3.63) is 24.0 Å². The number of amides is 5. The summed E-state index contributed by atoms with van der Waals surface area (Å²) in [6.45, 7) is 4.69. The van der Waals surface area contributed by atoms with Crippen LogP contribution in [-0.2, 0) is 19.2 Å². The number of hydrogen-bond acceptors (Lipinski definition) is 6. The lowest BCUT2D eigenvalue weighted by atomic mass is 9.96. The number of nitrogens with one attached hydrogen (secondary N) is 2. The normalized spacial score (nSPS) is 22.3. The Morgan fingerprint density at radius 1 is 1.33 bits per heavy atom. The minimum Gasteiger partial charge on any atom is -0.473 e. The van der Waals surface area contributed by atoms with Gasteiger partial charge in [-0.1, -0.05) is 13.8 Å². The monoisotopic (exact) mass is 507 g/mol. The Labute approximate surface area is 206 Å². The summed E-state index contributed by atoms with van der Waals surface area (Å²) in [4.78, 5) is 65.2. The van der Waals surface area contributed by atoms with Gasteiger partial charge in [0, 0.05) is 19.5 Å². The van der Waals surface area contributed by atoms with E-state index in [1.54, 1.807) is 0 Å². The number of benzene rings is 1. The van der Waals surface area contributed by atoms with E-state index in [0.717, 1.165) is 21.9 Å². The third kappa shape index (κ3) is 5.19. The molecule has 0 bridgehead atoms. The fraction of sp³-hybridized carbons (Fsp3) is 0.522. The Morgan fingerprint density at radius 2 is 2.00 bits per heavy atom. The molecule has 196 valence electrons. The Bertz CT molecular complexity index is 1100. The Hall–Kier alpha value is -3.90. The predicted molar refractivity (Wildman–Crippen MR) is 124 cm³/mol. The lowest BCUT2D eigenvalue weighted by Gasteiger charge is -2.36. The summed E-state index contributed by atoms with van der Waals surface area (Å²) in [5.74, 6) is -3.27. The maximum absolute atomic E-state index is 13.8. The molecule has 5 N–H and O–H groups in total. The summed E-state index contributed by atoms with van der Waals surface area (Å²) in [5.41, 5.74) is 4.06. The van der Waals surface area contributed by atoms with Crippen molar-refractivity contribution in [3.63, 3.8) is 0 Å². The molecule has 2 unspecified atom stereocenters. The van der Waals surface area contributed by atoms with Crippen molar-refractivity contribution in [1.29, 1.82) is 0 Å². The van der Waals surface area contributed by atoms with Gasteiger partial charge in [0.2, 0.25) is 23.3 Å². The summed E-state index contributed by atoms with van der Waals surface area (Å²) in [6.07, 6.45) is -1.43. The van der Waals surface area contributed by atoms with Gasteiger partial charge in [-0.05, 0) is 31.4 Å². The molecule has 1 spiro atoms. The molecule has 1 aromatic carbocycles. The van der Waals surface area contributed by atoms with E-state index in [1.165, 1.54) is 20.0 Å². The number of halogens is 1. The number of primary amides is 1. The largest absolute Gasteiger partial charge is 0.473 e. The summed E-state index contributed by atoms with van der Waals surface area (Å²) < 4.78 is 19.5. The summed E-state index contributed by atoms with van der Waals surface area (Å²) in [7, 11) is 1.37. The number of hydrogen-bond donors (Lipinski definition) is 4. The fourth-order valence-corrected chi connectivity index (χ4v) is 4.55. The highest BCUT2D eigenvalue weighted by atomic mass is 19.1. The number of carbonyl (C=O) groups is 5. The molecular weight excluding hydrogens is 477 g/mol. The van der Waals surface area contributed by atoms with Gasteiger partial charge in [-0.2, -0.15) is 0 Å². The van der Waals surface area contributed by atoms with E-state index in [-0.39, 0.29) is 36.7 Å². The molecule has 13 heteroatoms. The van der Waals surface area contributed by atoms with Crippen LogP contribution in [0.4, 0.5) is 14.9 Å². The second-order valence-electron chi connectivity index (χ2n) is 9.55. The van der Waals surface area contributed by atoms with Gasteiger partial charge in [0.25, 0.3) is 5.91 Å². The molecule has 0 aromatic heterocycles. The van der Waals surface area contributed by atoms with Gasteiger partial charge in [0.15, 0.2) is 0 Å². The number of nitrogens with two attached hydrogens (primary N) is 1. The number of fused-ring (bicyclic) bond motifs is 1. The zero-order valence-electron chi connectivity index (χ0n) is 20.4. The first-order valence-electron chi connectivity index (χ1n) is 11.4. The molecule has 36 heavy (non-hydrogen) atoms. The van der Waals surface area contributed by atoms with Crippen molar-refractivity contribution < 1.29 is 38.2 Å². The summed E-state index contributed by atoms with van der Waals surface area (Å²) in [5, 5.41) is 13.6. The van der Waals surface area contributed by atoms with Gasteiger partial charge in [-0.3, -0.25) is 19.2 Å². The molecule has 12 nitrogen and oxygen atoms in total. The Kier molecular flexibility index (Phi) is 7.41. The van der Waals surface area contributed by atoms with Crippen molar-refractivity contribution >= 4 is 35.4 Å². The first-order valence-corrected chi connectivity index (χ1v) is 11.4. The number of carboxylic acid groups (broad SMARTS) is 1. The molecule has 1 saturated heterocycles. The van der Waals surface area contributed by atoms with E-state index in [4.69, 9.17) is 15.6 Å². The van der Waals surface area contributed by atoms with Crippen LogP contribution in [0.2, 0.25) is 0 Å². The number of carbonyl (C=O) groups excluding carboxylic acids is 4. The lowest BCUT2D eigenvalue weighted by Crippen LogP contribution is -2.57. The molecule has 0 saturated carbocycles. The molecule has 2 heterocycles. The maximum atomic E-state index is 13.8. The molecule has 2 aliphatic heterocycles. The first kappa shape index (κ1) is 26.7. The van der Waals surface area contributed by atoms with E-state index in [2.05, 4.69) is 10.6 Å². The number of anilines is 1. The zero-order chi connectivity index (χ0) is 26.9. The quantitative estimate of drug-likeness (QED) is 0.416. The Morgan fingerprint density at radius 3 is 2.58 bits per heavy atom. The Balaban J connectivity index is 1.92. The van der Waals surface area contributed by atoms with E-state index in [9.17, 15) is 28.4 Å². The maximum Gasteiger partial charge on any atom is 0.405 e. The van der Waals surface area contributed by atoms with Crippen LogP contribution in [0.15, 0.2) is 18.2 Å². The van der Waals surface area contributed by atoms with Crippen molar-refractivity contribution in [3.8, 4) is 5.75 Å². The van der Waals surface area contributed by atoms with Gasteiger partial charge in [-0.25, -0.2) is 9.18 Å². The highest BCUT2D eigenvalue weighted by Gasteiger charge is 2.57. The SMILES string of the molecule is CC(C)CC(C(=O)N1C[C@@]2(C[C@H]1C(N)=O)Oc1ccc(F)cc1NC2=O)N(C)C(=O)C(C)NC(=O)O. The number of rotatable bonds is 7. The van der Waals surface area contributed by atoms with Gasteiger partial charge < -0.3 is 36.0 Å². The number of likely N-dealkylation sites (tertiary alicyclic amines) is 1. The fourth-order valence-electron chi connectivity index (χ4n) is 4.55. The van der Waals surface area contributed by atoms with Gasteiger partial charge in [0.05, 0.1) is 12.2 Å². The van der Waals surface area contributed by atoms with Crippen LogP contribution < -0.4 is 21.1 Å². The van der Waals surface area contributed by atoms with Crippen LogP contribution in [0.3, 0.4) is 0 Å². The first-order chi connectivity index (χ1) is 16.8. The molecule has 0 radical (unpaired) electrons. The molecule has 1 aromatic rings. The summed E-state index contributed by atoms with van der Waals surface area (Å²) >= 11 is 0. The highest BCUT2D eigenvalue weighted by molar-refractivity contribution is 6.03. The van der Waals surface area contributed by atoms with Crippen molar-refractivity contribution in [2.45, 2.75) is 57.3 Å². The minimum absolute atomic E-state index is 0.0588.